The third-order valence-electron chi connectivity index (χ3n) is 1.68. The van der Waals surface area contributed by atoms with Gasteiger partial charge in [-0.1, -0.05) is 0 Å². The molecule has 2 heterocycles. The zero-order chi connectivity index (χ0) is 9.26. The summed E-state index contributed by atoms with van der Waals surface area (Å²) in [4.78, 5) is 12.0. The van der Waals surface area contributed by atoms with Crippen LogP contribution in [0.4, 0.5) is 0 Å². The van der Waals surface area contributed by atoms with Crippen molar-refractivity contribution in [3.63, 3.8) is 0 Å². The van der Waals surface area contributed by atoms with Gasteiger partial charge in [0.1, 0.15) is 11.0 Å². The highest BCUT2D eigenvalue weighted by atomic mass is 79.9. The zero-order valence-corrected chi connectivity index (χ0v) is 9.06. The van der Waals surface area contributed by atoms with Crippen molar-refractivity contribution in [1.82, 2.24) is 0 Å². The van der Waals surface area contributed by atoms with Crippen molar-refractivity contribution >= 4 is 33.2 Å². The molecule has 1 aliphatic heterocycles. The van der Waals surface area contributed by atoms with Gasteiger partial charge < -0.3 is 9.47 Å². The van der Waals surface area contributed by atoms with E-state index >= 15 is 0 Å². The predicted octanol–water partition coefficient (Wildman–Crippen LogP) is 2.07. The Bertz CT molecular complexity index is 319. The standard InChI is InChI=1S/C8H7BrO3S/c9-6-1-2-13-7(6)8(10)12-5-3-11-4-5/h1-2,5H,3-4H2. The number of ether oxygens (including phenoxy) is 2. The molecule has 0 atom stereocenters. The SMILES string of the molecule is O=C(OC1COC1)c1sccc1Br. The maximum absolute atomic E-state index is 11.4. The molecule has 0 radical (unpaired) electrons. The van der Waals surface area contributed by atoms with Gasteiger partial charge in [0.05, 0.1) is 13.2 Å². The number of carbonyl (C=O) groups is 1. The highest BCUT2D eigenvalue weighted by molar-refractivity contribution is 9.10. The monoisotopic (exact) mass is 262 g/mol. The molecule has 0 aliphatic carbocycles. The normalized spacial score (nSPS) is 16.7. The van der Waals surface area contributed by atoms with Gasteiger partial charge in [-0.15, -0.1) is 11.3 Å². The minimum absolute atomic E-state index is 0.0542. The number of hydrogen-bond donors (Lipinski definition) is 0. The maximum Gasteiger partial charge on any atom is 0.349 e. The van der Waals surface area contributed by atoms with E-state index in [0.29, 0.717) is 18.1 Å². The first kappa shape index (κ1) is 9.18. The Morgan fingerprint density at radius 1 is 1.69 bits per heavy atom. The van der Waals surface area contributed by atoms with Crippen molar-refractivity contribution in [3.05, 3.63) is 20.8 Å². The molecule has 0 bridgehead atoms. The fraction of sp³-hybridized carbons (Fsp3) is 0.375. The first-order valence-corrected chi connectivity index (χ1v) is 5.46. The van der Waals surface area contributed by atoms with E-state index in [9.17, 15) is 4.79 Å². The molecular formula is C8H7BrO3S. The van der Waals surface area contributed by atoms with Crippen LogP contribution in [0, 0.1) is 0 Å². The lowest BCUT2D eigenvalue weighted by Gasteiger charge is -2.25. The summed E-state index contributed by atoms with van der Waals surface area (Å²) < 4.78 is 10.8. The summed E-state index contributed by atoms with van der Waals surface area (Å²) >= 11 is 4.65. The van der Waals surface area contributed by atoms with Crippen molar-refractivity contribution in [2.75, 3.05) is 13.2 Å². The summed E-state index contributed by atoms with van der Waals surface area (Å²) in [6.45, 7) is 1.05. The molecule has 1 fully saturated rings. The van der Waals surface area contributed by atoms with Gasteiger partial charge in [0.2, 0.25) is 0 Å². The average Bonchev–Trinajstić information content (AvgIpc) is 2.43. The predicted molar refractivity (Wildman–Crippen MR) is 52.0 cm³/mol. The molecule has 70 valence electrons. The van der Waals surface area contributed by atoms with Gasteiger partial charge in [0.15, 0.2) is 0 Å². The molecule has 0 spiro atoms. The fourth-order valence-electron chi connectivity index (χ4n) is 0.926. The highest BCUT2D eigenvalue weighted by Gasteiger charge is 2.24. The molecular weight excluding hydrogens is 256 g/mol. The smallest absolute Gasteiger partial charge is 0.349 e. The minimum Gasteiger partial charge on any atom is -0.453 e. The molecule has 0 amide bonds. The second kappa shape index (κ2) is 3.77. The Hall–Kier alpha value is -0.390. The maximum atomic E-state index is 11.4. The van der Waals surface area contributed by atoms with E-state index in [2.05, 4.69) is 15.9 Å². The van der Waals surface area contributed by atoms with E-state index in [4.69, 9.17) is 9.47 Å². The quantitative estimate of drug-likeness (QED) is 0.766. The van der Waals surface area contributed by atoms with Gasteiger partial charge in [-0.2, -0.15) is 0 Å². The second-order valence-electron chi connectivity index (χ2n) is 2.66. The van der Waals surface area contributed by atoms with E-state index < -0.39 is 0 Å². The molecule has 13 heavy (non-hydrogen) atoms. The van der Waals surface area contributed by atoms with Gasteiger partial charge in [-0.3, -0.25) is 0 Å². The number of hydrogen-bond acceptors (Lipinski definition) is 4. The van der Waals surface area contributed by atoms with Crippen molar-refractivity contribution < 1.29 is 14.3 Å². The van der Waals surface area contributed by atoms with Gasteiger partial charge >= 0.3 is 5.97 Å². The second-order valence-corrected chi connectivity index (χ2v) is 4.43. The molecule has 3 nitrogen and oxygen atoms in total. The number of halogens is 1. The number of thiophene rings is 1. The Labute approximate surface area is 87.8 Å². The van der Waals surface area contributed by atoms with E-state index in [1.165, 1.54) is 11.3 Å². The molecule has 1 aliphatic rings. The van der Waals surface area contributed by atoms with Crippen LogP contribution in [0.2, 0.25) is 0 Å². The summed E-state index contributed by atoms with van der Waals surface area (Å²) in [5.41, 5.74) is 0. The van der Waals surface area contributed by atoms with Crippen molar-refractivity contribution in [2.45, 2.75) is 6.10 Å². The Morgan fingerprint density at radius 3 is 2.92 bits per heavy atom. The van der Waals surface area contributed by atoms with Crippen molar-refractivity contribution in [2.24, 2.45) is 0 Å². The minimum atomic E-state index is -0.268. The number of esters is 1. The summed E-state index contributed by atoms with van der Waals surface area (Å²) in [6.07, 6.45) is -0.0542. The van der Waals surface area contributed by atoms with Crippen LogP contribution in [0.25, 0.3) is 0 Å². The lowest BCUT2D eigenvalue weighted by Crippen LogP contribution is -2.37. The third kappa shape index (κ3) is 1.92. The topological polar surface area (TPSA) is 35.5 Å². The molecule has 0 N–H and O–H groups in total. The van der Waals surface area contributed by atoms with Gasteiger partial charge in [-0.25, -0.2) is 4.79 Å². The van der Waals surface area contributed by atoms with Crippen LogP contribution in [-0.4, -0.2) is 25.3 Å². The van der Waals surface area contributed by atoms with Crippen molar-refractivity contribution in [1.29, 1.82) is 0 Å². The van der Waals surface area contributed by atoms with Crippen LogP contribution in [0.3, 0.4) is 0 Å². The Morgan fingerprint density at radius 2 is 2.46 bits per heavy atom. The molecule has 1 aromatic rings. The van der Waals surface area contributed by atoms with Crippen molar-refractivity contribution in [3.8, 4) is 0 Å². The zero-order valence-electron chi connectivity index (χ0n) is 6.66. The van der Waals surface area contributed by atoms with Crippen LogP contribution < -0.4 is 0 Å². The van der Waals surface area contributed by atoms with Crippen LogP contribution in [0.5, 0.6) is 0 Å². The number of rotatable bonds is 2. The summed E-state index contributed by atoms with van der Waals surface area (Å²) in [5.74, 6) is -0.268. The lowest BCUT2D eigenvalue weighted by molar-refractivity contribution is -0.103. The van der Waals surface area contributed by atoms with E-state index in [-0.39, 0.29) is 12.1 Å². The summed E-state index contributed by atoms with van der Waals surface area (Å²) in [7, 11) is 0. The number of carbonyl (C=O) groups excluding carboxylic acids is 1. The first-order chi connectivity index (χ1) is 6.27. The van der Waals surface area contributed by atoms with Gasteiger partial charge in [0.25, 0.3) is 0 Å². The van der Waals surface area contributed by atoms with E-state index in [0.717, 1.165) is 4.47 Å². The summed E-state index contributed by atoms with van der Waals surface area (Å²) in [5, 5.41) is 1.85. The lowest BCUT2D eigenvalue weighted by atomic mass is 10.3. The average molecular weight is 263 g/mol. The molecule has 1 aromatic heterocycles. The van der Waals surface area contributed by atoms with E-state index in [1.54, 1.807) is 0 Å². The van der Waals surface area contributed by atoms with Crippen LogP contribution in [0.15, 0.2) is 15.9 Å². The van der Waals surface area contributed by atoms with Crippen LogP contribution >= 0.6 is 27.3 Å². The molecule has 1 saturated heterocycles. The molecule has 0 unspecified atom stereocenters. The Kier molecular flexibility index (Phi) is 2.66. The van der Waals surface area contributed by atoms with E-state index in [1.807, 2.05) is 11.4 Å². The fourth-order valence-corrected chi connectivity index (χ4v) is 2.34. The largest absolute Gasteiger partial charge is 0.453 e. The Balaban J connectivity index is 2.00. The van der Waals surface area contributed by atoms with Crippen LogP contribution in [0.1, 0.15) is 9.67 Å². The third-order valence-corrected chi connectivity index (χ3v) is 3.50. The molecule has 5 heteroatoms. The van der Waals surface area contributed by atoms with Crippen LogP contribution in [-0.2, 0) is 9.47 Å². The molecule has 2 rings (SSSR count). The van der Waals surface area contributed by atoms with Gasteiger partial charge in [-0.05, 0) is 27.4 Å². The summed E-state index contributed by atoms with van der Waals surface area (Å²) in [6, 6.07) is 1.83. The van der Waals surface area contributed by atoms with Gasteiger partial charge in [0, 0.05) is 4.47 Å². The molecule has 0 saturated carbocycles. The first-order valence-electron chi connectivity index (χ1n) is 3.79. The highest BCUT2D eigenvalue weighted by Crippen LogP contribution is 2.24. The molecule has 0 aromatic carbocycles.